The summed E-state index contributed by atoms with van der Waals surface area (Å²) in [7, 11) is 1.79. The average molecular weight is 124 g/mol. The molecule has 1 saturated carbocycles. The summed E-state index contributed by atoms with van der Waals surface area (Å²) in [6.45, 7) is 0.972. The van der Waals surface area contributed by atoms with Gasteiger partial charge < -0.3 is 4.74 Å². The molecule has 1 nitrogen and oxygen atoms in total. The van der Waals surface area contributed by atoms with E-state index in [0.29, 0.717) is 0 Å². The Morgan fingerprint density at radius 3 is 3.11 bits per heavy atom. The van der Waals surface area contributed by atoms with Crippen LogP contribution in [0, 0.1) is 17.8 Å². The summed E-state index contributed by atoms with van der Waals surface area (Å²) >= 11 is 0. The Bertz CT molecular complexity index is 140. The molecule has 2 aliphatic rings. The molecular weight excluding hydrogens is 112 g/mol. The minimum absolute atomic E-state index is 0.875. The largest absolute Gasteiger partial charge is 0.384 e. The molecule has 0 bridgehead atoms. The highest BCUT2D eigenvalue weighted by Crippen LogP contribution is 2.53. The van der Waals surface area contributed by atoms with Gasteiger partial charge in [-0.15, -0.1) is 0 Å². The molecule has 0 amide bonds. The van der Waals surface area contributed by atoms with E-state index in [4.69, 9.17) is 4.74 Å². The number of hydrogen-bond donors (Lipinski definition) is 0. The van der Waals surface area contributed by atoms with Crippen molar-refractivity contribution in [3.05, 3.63) is 12.2 Å². The fourth-order valence-corrected chi connectivity index (χ4v) is 1.91. The number of allylic oxidation sites excluding steroid dienone is 2. The minimum atomic E-state index is 0.875. The molecule has 1 heteroatoms. The Labute approximate surface area is 55.7 Å². The minimum Gasteiger partial charge on any atom is -0.384 e. The lowest BCUT2D eigenvalue weighted by Crippen LogP contribution is -1.94. The second kappa shape index (κ2) is 1.84. The molecule has 0 aromatic heterocycles. The molecule has 3 atom stereocenters. The van der Waals surface area contributed by atoms with Gasteiger partial charge in [-0.1, -0.05) is 12.2 Å². The van der Waals surface area contributed by atoms with E-state index in [1.165, 1.54) is 6.42 Å². The molecule has 9 heavy (non-hydrogen) atoms. The molecule has 0 spiro atoms. The zero-order valence-corrected chi connectivity index (χ0v) is 5.71. The van der Waals surface area contributed by atoms with Gasteiger partial charge in [0, 0.05) is 13.7 Å². The van der Waals surface area contributed by atoms with Crippen molar-refractivity contribution in [1.29, 1.82) is 0 Å². The fourth-order valence-electron chi connectivity index (χ4n) is 1.91. The van der Waals surface area contributed by atoms with E-state index >= 15 is 0 Å². The number of fused-ring (bicyclic) bond motifs is 1. The van der Waals surface area contributed by atoms with E-state index in [-0.39, 0.29) is 0 Å². The maximum absolute atomic E-state index is 5.07. The van der Waals surface area contributed by atoms with Crippen LogP contribution in [0.4, 0.5) is 0 Å². The Kier molecular flexibility index (Phi) is 1.12. The van der Waals surface area contributed by atoms with Gasteiger partial charge in [-0.05, 0) is 24.2 Å². The zero-order chi connectivity index (χ0) is 6.27. The summed E-state index contributed by atoms with van der Waals surface area (Å²) in [4.78, 5) is 0. The number of hydrogen-bond acceptors (Lipinski definition) is 1. The molecule has 50 valence electrons. The third kappa shape index (κ3) is 0.715. The molecule has 0 aromatic carbocycles. The van der Waals surface area contributed by atoms with Crippen LogP contribution in [-0.4, -0.2) is 13.7 Å². The van der Waals surface area contributed by atoms with E-state index in [1.54, 1.807) is 7.11 Å². The molecule has 0 unspecified atom stereocenters. The zero-order valence-electron chi connectivity index (χ0n) is 5.71. The average Bonchev–Trinajstić information content (AvgIpc) is 2.39. The third-order valence-electron chi connectivity index (χ3n) is 2.52. The van der Waals surface area contributed by atoms with Crippen molar-refractivity contribution in [2.24, 2.45) is 17.8 Å². The van der Waals surface area contributed by atoms with E-state index in [1.807, 2.05) is 0 Å². The summed E-state index contributed by atoms with van der Waals surface area (Å²) < 4.78 is 5.07. The summed E-state index contributed by atoms with van der Waals surface area (Å²) in [6, 6.07) is 0. The van der Waals surface area contributed by atoms with Crippen LogP contribution in [0.5, 0.6) is 0 Å². The first-order valence-corrected chi connectivity index (χ1v) is 3.59. The molecule has 0 N–H and O–H groups in total. The summed E-state index contributed by atoms with van der Waals surface area (Å²) in [5, 5.41) is 0. The molecule has 0 aromatic rings. The summed E-state index contributed by atoms with van der Waals surface area (Å²) in [5.74, 6) is 2.73. The van der Waals surface area contributed by atoms with Crippen LogP contribution in [0.2, 0.25) is 0 Å². The number of rotatable bonds is 2. The Balaban J connectivity index is 1.87. The molecule has 0 saturated heterocycles. The maximum atomic E-state index is 5.07. The van der Waals surface area contributed by atoms with Crippen LogP contribution >= 0.6 is 0 Å². The normalized spacial score (nSPS) is 45.2. The van der Waals surface area contributed by atoms with Crippen molar-refractivity contribution in [3.63, 3.8) is 0 Å². The quantitative estimate of drug-likeness (QED) is 0.506. The second-order valence-electron chi connectivity index (χ2n) is 3.02. The Morgan fingerprint density at radius 2 is 2.56 bits per heavy atom. The molecule has 0 aliphatic heterocycles. The highest BCUT2D eigenvalue weighted by Gasteiger charge is 2.49. The maximum Gasteiger partial charge on any atom is 0.0499 e. The van der Waals surface area contributed by atoms with Crippen LogP contribution in [0.3, 0.4) is 0 Å². The van der Waals surface area contributed by atoms with Gasteiger partial charge in [0.1, 0.15) is 0 Å². The number of ether oxygens (including phenoxy) is 1. The molecule has 1 fully saturated rings. The molecular formula is C8H12O. The standard InChI is InChI=1S/C8H12O/c1-9-5-8-6-3-2-4-7(6)8/h2-3,6-8H,4-5H2,1H3/t6-,7+,8+/m0/s1. The van der Waals surface area contributed by atoms with Gasteiger partial charge in [-0.25, -0.2) is 0 Å². The second-order valence-corrected chi connectivity index (χ2v) is 3.02. The van der Waals surface area contributed by atoms with Crippen molar-refractivity contribution in [1.82, 2.24) is 0 Å². The Morgan fingerprint density at radius 1 is 1.67 bits per heavy atom. The van der Waals surface area contributed by atoms with Gasteiger partial charge in [-0.3, -0.25) is 0 Å². The fraction of sp³-hybridized carbons (Fsp3) is 0.750. The molecule has 2 aliphatic carbocycles. The lowest BCUT2D eigenvalue weighted by molar-refractivity contribution is 0.178. The van der Waals surface area contributed by atoms with E-state index in [9.17, 15) is 0 Å². The summed E-state index contributed by atoms with van der Waals surface area (Å²) in [6.07, 6.45) is 5.94. The van der Waals surface area contributed by atoms with E-state index < -0.39 is 0 Å². The van der Waals surface area contributed by atoms with Gasteiger partial charge in [0.15, 0.2) is 0 Å². The lowest BCUT2D eigenvalue weighted by Gasteiger charge is -1.95. The van der Waals surface area contributed by atoms with Crippen molar-refractivity contribution >= 4 is 0 Å². The Hall–Kier alpha value is -0.300. The first kappa shape index (κ1) is 5.48. The van der Waals surface area contributed by atoms with Crippen molar-refractivity contribution in [2.75, 3.05) is 13.7 Å². The molecule has 0 heterocycles. The van der Waals surface area contributed by atoms with Crippen molar-refractivity contribution in [2.45, 2.75) is 6.42 Å². The molecule has 2 rings (SSSR count). The van der Waals surface area contributed by atoms with Crippen LogP contribution in [0.25, 0.3) is 0 Å². The van der Waals surface area contributed by atoms with Gasteiger partial charge in [0.25, 0.3) is 0 Å². The van der Waals surface area contributed by atoms with Gasteiger partial charge in [0.2, 0.25) is 0 Å². The van der Waals surface area contributed by atoms with Crippen LogP contribution in [-0.2, 0) is 4.74 Å². The van der Waals surface area contributed by atoms with Crippen molar-refractivity contribution in [3.8, 4) is 0 Å². The monoisotopic (exact) mass is 124 g/mol. The van der Waals surface area contributed by atoms with Crippen LogP contribution in [0.1, 0.15) is 6.42 Å². The topological polar surface area (TPSA) is 9.23 Å². The number of methoxy groups -OCH3 is 1. The van der Waals surface area contributed by atoms with Crippen LogP contribution < -0.4 is 0 Å². The van der Waals surface area contributed by atoms with Crippen LogP contribution in [0.15, 0.2) is 12.2 Å². The van der Waals surface area contributed by atoms with E-state index in [0.717, 1.165) is 24.4 Å². The molecule has 0 radical (unpaired) electrons. The smallest absolute Gasteiger partial charge is 0.0499 e. The summed E-state index contributed by atoms with van der Waals surface area (Å²) in [5.41, 5.74) is 0. The van der Waals surface area contributed by atoms with Gasteiger partial charge in [-0.2, -0.15) is 0 Å². The first-order valence-electron chi connectivity index (χ1n) is 3.59. The predicted octanol–water partition coefficient (Wildman–Crippen LogP) is 1.45. The van der Waals surface area contributed by atoms with Crippen molar-refractivity contribution < 1.29 is 4.74 Å². The highest BCUT2D eigenvalue weighted by atomic mass is 16.5. The van der Waals surface area contributed by atoms with Gasteiger partial charge in [0.05, 0.1) is 0 Å². The highest BCUT2D eigenvalue weighted by molar-refractivity contribution is 5.16. The van der Waals surface area contributed by atoms with Gasteiger partial charge >= 0.3 is 0 Å². The first-order chi connectivity index (χ1) is 4.43. The van der Waals surface area contributed by atoms with E-state index in [2.05, 4.69) is 12.2 Å². The lowest BCUT2D eigenvalue weighted by atomic mass is 10.2. The predicted molar refractivity (Wildman–Crippen MR) is 36.1 cm³/mol. The third-order valence-corrected chi connectivity index (χ3v) is 2.52. The SMILES string of the molecule is COC[C@@H]1[C@H]2C=CC[C@H]21.